The van der Waals surface area contributed by atoms with Crippen molar-refractivity contribution in [3.8, 4) is 0 Å². The molecule has 2 aromatic rings. The Morgan fingerprint density at radius 3 is 2.48 bits per heavy atom. The second-order valence-corrected chi connectivity index (χ2v) is 7.28. The molecule has 2 amide bonds. The minimum Gasteiger partial charge on any atom is -0.352 e. The number of hydrogen-bond acceptors (Lipinski definition) is 4. The van der Waals surface area contributed by atoms with E-state index in [0.717, 1.165) is 15.6 Å². The molecule has 0 aliphatic carbocycles. The molecule has 0 aliphatic heterocycles. The van der Waals surface area contributed by atoms with Crippen LogP contribution >= 0.6 is 11.3 Å². The van der Waals surface area contributed by atoms with Crippen molar-refractivity contribution in [3.63, 3.8) is 0 Å². The topological polar surface area (TPSA) is 62.3 Å². The molecule has 7 heteroatoms. The summed E-state index contributed by atoms with van der Waals surface area (Å²) in [6.07, 6.45) is 0.190. The first kappa shape index (κ1) is 19.1. The van der Waals surface area contributed by atoms with Crippen molar-refractivity contribution in [1.29, 1.82) is 0 Å². The molecule has 0 saturated heterocycles. The third-order valence-corrected chi connectivity index (χ3v) is 4.94. The highest BCUT2D eigenvalue weighted by Crippen LogP contribution is 2.26. The fourth-order valence-electron chi connectivity index (χ4n) is 2.49. The van der Waals surface area contributed by atoms with Crippen LogP contribution in [0.4, 0.5) is 4.39 Å². The maximum absolute atomic E-state index is 12.9. The predicted octanol–water partition coefficient (Wildman–Crippen LogP) is 3.24. The quantitative estimate of drug-likeness (QED) is 0.857. The number of amides is 2. The van der Waals surface area contributed by atoms with E-state index in [4.69, 9.17) is 0 Å². The van der Waals surface area contributed by atoms with Gasteiger partial charge in [-0.05, 0) is 45.0 Å². The molecule has 2 rings (SSSR count). The van der Waals surface area contributed by atoms with E-state index in [9.17, 15) is 14.0 Å². The van der Waals surface area contributed by atoms with E-state index >= 15 is 0 Å². The largest absolute Gasteiger partial charge is 0.352 e. The van der Waals surface area contributed by atoms with E-state index in [1.54, 1.807) is 23.3 Å². The highest BCUT2D eigenvalue weighted by Gasteiger charge is 2.21. The first-order valence-electron chi connectivity index (χ1n) is 8.03. The van der Waals surface area contributed by atoms with Crippen LogP contribution in [0.15, 0.2) is 24.3 Å². The average molecular weight is 363 g/mol. The number of carbonyl (C=O) groups excluding carboxylic acids is 2. The van der Waals surface area contributed by atoms with Crippen molar-refractivity contribution in [2.75, 3.05) is 13.6 Å². The summed E-state index contributed by atoms with van der Waals surface area (Å²) in [4.78, 5) is 31.5. The molecular weight excluding hydrogens is 341 g/mol. The van der Waals surface area contributed by atoms with Crippen LogP contribution in [0.1, 0.15) is 45.3 Å². The van der Waals surface area contributed by atoms with Crippen LogP contribution in [0, 0.1) is 19.7 Å². The molecule has 1 atom stereocenters. The molecule has 0 radical (unpaired) electrons. The number of aromatic nitrogens is 1. The predicted molar refractivity (Wildman–Crippen MR) is 96.1 cm³/mol. The first-order chi connectivity index (χ1) is 11.8. The number of nitrogens with one attached hydrogen (secondary N) is 1. The average Bonchev–Trinajstić information content (AvgIpc) is 2.92. The van der Waals surface area contributed by atoms with Crippen molar-refractivity contribution in [3.05, 3.63) is 51.2 Å². The summed E-state index contributed by atoms with van der Waals surface area (Å²) in [6, 6.07) is 5.16. The summed E-state index contributed by atoms with van der Waals surface area (Å²) in [5, 5.41) is 3.65. The van der Waals surface area contributed by atoms with Gasteiger partial charge < -0.3 is 10.2 Å². The molecule has 0 unspecified atom stereocenters. The smallest absolute Gasteiger partial charge is 0.251 e. The molecule has 1 aromatic carbocycles. The van der Waals surface area contributed by atoms with Crippen LogP contribution < -0.4 is 5.32 Å². The van der Waals surface area contributed by atoms with Gasteiger partial charge in [0.25, 0.3) is 5.91 Å². The molecule has 0 bridgehead atoms. The standard InChI is InChI=1S/C18H22FN3O2S/c1-11(17-12(2)25-13(3)21-17)22(4)16(23)9-10-20-18(24)14-5-7-15(19)8-6-14/h5-8,11H,9-10H2,1-4H3,(H,20,24)/t11-/m1/s1. The summed E-state index contributed by atoms with van der Waals surface area (Å²) in [5.41, 5.74) is 1.28. The second kappa shape index (κ2) is 8.20. The van der Waals surface area contributed by atoms with E-state index in [-0.39, 0.29) is 30.8 Å². The Kier molecular flexibility index (Phi) is 6.25. The lowest BCUT2D eigenvalue weighted by Crippen LogP contribution is -2.34. The fraction of sp³-hybridized carbons (Fsp3) is 0.389. The molecule has 1 aromatic heterocycles. The maximum Gasteiger partial charge on any atom is 0.251 e. The van der Waals surface area contributed by atoms with Gasteiger partial charge in [-0.3, -0.25) is 9.59 Å². The van der Waals surface area contributed by atoms with E-state index in [2.05, 4.69) is 10.3 Å². The van der Waals surface area contributed by atoms with Crippen molar-refractivity contribution in [2.24, 2.45) is 0 Å². The Labute approximate surface area is 150 Å². The zero-order valence-electron chi connectivity index (χ0n) is 14.8. The number of nitrogens with zero attached hydrogens (tertiary/aromatic N) is 2. The maximum atomic E-state index is 12.9. The van der Waals surface area contributed by atoms with E-state index in [0.29, 0.717) is 5.56 Å². The minimum absolute atomic E-state index is 0.0723. The number of carbonyl (C=O) groups is 2. The highest BCUT2D eigenvalue weighted by atomic mass is 32.1. The summed E-state index contributed by atoms with van der Waals surface area (Å²) in [6.45, 7) is 6.11. The summed E-state index contributed by atoms with van der Waals surface area (Å²) >= 11 is 1.61. The molecule has 134 valence electrons. The third-order valence-electron chi connectivity index (χ3n) is 4.04. The normalized spacial score (nSPS) is 11.9. The molecule has 0 fully saturated rings. The second-order valence-electron chi connectivity index (χ2n) is 5.87. The van der Waals surface area contributed by atoms with Gasteiger partial charge in [0.1, 0.15) is 5.82 Å². The van der Waals surface area contributed by atoms with Crippen LogP contribution in [-0.4, -0.2) is 35.3 Å². The van der Waals surface area contributed by atoms with Gasteiger partial charge in [0.05, 0.1) is 16.7 Å². The molecule has 0 aliphatic rings. The third kappa shape index (κ3) is 4.85. The Morgan fingerprint density at radius 2 is 1.92 bits per heavy atom. The Hall–Kier alpha value is -2.28. The van der Waals surface area contributed by atoms with Gasteiger partial charge in [-0.2, -0.15) is 0 Å². The van der Waals surface area contributed by atoms with Gasteiger partial charge in [-0.15, -0.1) is 11.3 Å². The summed E-state index contributed by atoms with van der Waals surface area (Å²) in [7, 11) is 1.74. The lowest BCUT2D eigenvalue weighted by atomic mass is 10.2. The van der Waals surface area contributed by atoms with Gasteiger partial charge >= 0.3 is 0 Å². The fourth-order valence-corrected chi connectivity index (χ4v) is 3.40. The number of benzene rings is 1. The molecule has 0 spiro atoms. The van der Waals surface area contributed by atoms with Crippen LogP contribution in [0.25, 0.3) is 0 Å². The number of hydrogen-bond donors (Lipinski definition) is 1. The minimum atomic E-state index is -0.394. The summed E-state index contributed by atoms with van der Waals surface area (Å²) < 4.78 is 12.9. The Balaban J connectivity index is 1.86. The molecule has 5 nitrogen and oxygen atoms in total. The van der Waals surface area contributed by atoms with Crippen LogP contribution in [0.3, 0.4) is 0 Å². The SMILES string of the molecule is Cc1nc([C@@H](C)N(C)C(=O)CCNC(=O)c2ccc(F)cc2)c(C)s1. The van der Waals surface area contributed by atoms with Gasteiger partial charge in [0.15, 0.2) is 0 Å². The van der Waals surface area contributed by atoms with E-state index in [1.165, 1.54) is 24.3 Å². The molecule has 1 heterocycles. The summed E-state index contributed by atoms with van der Waals surface area (Å²) in [5.74, 6) is -0.790. The zero-order chi connectivity index (χ0) is 18.6. The van der Waals surface area contributed by atoms with Crippen molar-refractivity contribution < 1.29 is 14.0 Å². The Morgan fingerprint density at radius 1 is 1.28 bits per heavy atom. The highest BCUT2D eigenvalue weighted by molar-refractivity contribution is 7.11. The number of aryl methyl sites for hydroxylation is 2. The lowest BCUT2D eigenvalue weighted by molar-refractivity contribution is -0.131. The van der Waals surface area contributed by atoms with Crippen molar-refractivity contribution in [1.82, 2.24) is 15.2 Å². The van der Waals surface area contributed by atoms with Crippen LogP contribution in [0.5, 0.6) is 0 Å². The molecule has 1 N–H and O–H groups in total. The molecule has 0 saturated carbocycles. The Bertz CT molecular complexity index is 758. The van der Waals surface area contributed by atoms with Crippen molar-refractivity contribution >= 4 is 23.2 Å². The number of rotatable bonds is 6. The van der Waals surface area contributed by atoms with E-state index < -0.39 is 5.82 Å². The lowest BCUT2D eigenvalue weighted by Gasteiger charge is -2.24. The number of thiazole rings is 1. The van der Waals surface area contributed by atoms with Crippen LogP contribution in [0.2, 0.25) is 0 Å². The van der Waals surface area contributed by atoms with Gasteiger partial charge in [-0.1, -0.05) is 0 Å². The van der Waals surface area contributed by atoms with Gasteiger partial charge in [-0.25, -0.2) is 9.37 Å². The van der Waals surface area contributed by atoms with E-state index in [1.807, 2.05) is 20.8 Å². The number of halogens is 1. The molecule has 25 heavy (non-hydrogen) atoms. The van der Waals surface area contributed by atoms with Crippen molar-refractivity contribution in [2.45, 2.75) is 33.2 Å². The van der Waals surface area contributed by atoms with Crippen LogP contribution in [-0.2, 0) is 4.79 Å². The van der Waals surface area contributed by atoms with Gasteiger partial charge in [0, 0.05) is 30.5 Å². The van der Waals surface area contributed by atoms with Gasteiger partial charge in [0.2, 0.25) is 5.91 Å². The first-order valence-corrected chi connectivity index (χ1v) is 8.84. The monoisotopic (exact) mass is 363 g/mol. The molecular formula is C18H22FN3O2S. The zero-order valence-corrected chi connectivity index (χ0v) is 15.6.